The molecule has 1 amide bonds. The number of hydrogen-bond acceptors (Lipinski definition) is 6. The van der Waals surface area contributed by atoms with Gasteiger partial charge in [-0.15, -0.1) is 0 Å². The van der Waals surface area contributed by atoms with E-state index in [1.54, 1.807) is 35.2 Å². The highest BCUT2D eigenvalue weighted by atomic mass is 19.4. The Hall–Kier alpha value is -5.03. The summed E-state index contributed by atoms with van der Waals surface area (Å²) in [5, 5.41) is 6.32. The minimum Gasteiger partial charge on any atom is -0.483 e. The lowest BCUT2D eigenvalue weighted by molar-refractivity contribution is -0.138. The van der Waals surface area contributed by atoms with Crippen molar-refractivity contribution in [1.29, 1.82) is 0 Å². The summed E-state index contributed by atoms with van der Waals surface area (Å²) < 4.78 is 53.0. The van der Waals surface area contributed by atoms with E-state index in [9.17, 15) is 22.8 Å². The van der Waals surface area contributed by atoms with Crippen molar-refractivity contribution < 1.29 is 27.4 Å². The van der Waals surface area contributed by atoms with E-state index in [4.69, 9.17) is 9.47 Å². The number of carbonyl (C=O) groups excluding carboxylic acids is 1. The van der Waals surface area contributed by atoms with E-state index < -0.39 is 17.3 Å². The largest absolute Gasteiger partial charge is 0.483 e. The van der Waals surface area contributed by atoms with Crippen LogP contribution >= 0.6 is 0 Å². The Labute approximate surface area is 243 Å². The van der Waals surface area contributed by atoms with Gasteiger partial charge in [-0.1, -0.05) is 54.6 Å². The van der Waals surface area contributed by atoms with E-state index in [1.807, 2.05) is 30.3 Å². The molecule has 0 aliphatic carbocycles. The zero-order chi connectivity index (χ0) is 30.0. The van der Waals surface area contributed by atoms with Gasteiger partial charge in [0.15, 0.2) is 12.4 Å². The highest BCUT2D eigenvalue weighted by Crippen LogP contribution is 2.32. The van der Waals surface area contributed by atoms with Gasteiger partial charge in [0.25, 0.3) is 11.5 Å². The number of morpholine rings is 1. The number of amides is 1. The third-order valence-electron chi connectivity index (χ3n) is 7.15. The number of fused-ring (bicyclic) bond motifs is 2. The maximum atomic E-state index is 13.7. The molecule has 6 rings (SSSR count). The fourth-order valence-corrected chi connectivity index (χ4v) is 4.95. The highest BCUT2D eigenvalue weighted by molar-refractivity contribution is 6.02. The number of hydrogen-bond donors (Lipinski definition) is 0. The topological polar surface area (TPSA) is 86.0 Å². The Balaban J connectivity index is 1.46. The van der Waals surface area contributed by atoms with Gasteiger partial charge in [-0.05, 0) is 41.1 Å². The molecule has 5 aromatic rings. The van der Waals surface area contributed by atoms with Crippen LogP contribution in [0.2, 0.25) is 0 Å². The molecule has 1 fully saturated rings. The standard InChI is InChI=1S/C32H25F3N4O4/c33-32(34,35)23-8-5-7-22(18-23)30-37-27-11-4-3-10-25(27)31(41)39(30)36-19-26-24-9-2-1-6-21(24)12-13-28(26)43-20-29(40)38-14-16-42-17-15-38/h1-13,18-19H,14-17,20H2. The molecule has 1 aliphatic rings. The Kier molecular flexibility index (Phi) is 7.64. The van der Waals surface area contributed by atoms with Crippen LogP contribution in [-0.2, 0) is 15.7 Å². The van der Waals surface area contributed by atoms with Crippen LogP contribution in [0.3, 0.4) is 0 Å². The van der Waals surface area contributed by atoms with Gasteiger partial charge in [0, 0.05) is 24.2 Å². The van der Waals surface area contributed by atoms with E-state index in [2.05, 4.69) is 10.1 Å². The number of alkyl halides is 3. The van der Waals surface area contributed by atoms with Gasteiger partial charge in [0.05, 0.1) is 35.9 Å². The molecule has 0 bridgehead atoms. The summed E-state index contributed by atoms with van der Waals surface area (Å²) in [6.07, 6.45) is -3.18. The lowest BCUT2D eigenvalue weighted by Gasteiger charge is -2.26. The average Bonchev–Trinajstić information content (AvgIpc) is 3.03. The number of ether oxygens (including phenoxy) is 2. The van der Waals surface area contributed by atoms with E-state index in [0.29, 0.717) is 43.1 Å². The zero-order valence-electron chi connectivity index (χ0n) is 22.8. The molecule has 0 saturated carbocycles. The van der Waals surface area contributed by atoms with E-state index in [1.165, 1.54) is 18.3 Å². The molecule has 1 saturated heterocycles. The zero-order valence-corrected chi connectivity index (χ0v) is 22.8. The van der Waals surface area contributed by atoms with Crippen LogP contribution in [0.1, 0.15) is 11.1 Å². The molecule has 0 unspecified atom stereocenters. The van der Waals surface area contributed by atoms with Crippen LogP contribution in [0.4, 0.5) is 13.2 Å². The predicted octanol–water partition coefficient (Wildman–Crippen LogP) is 5.36. The average molecular weight is 587 g/mol. The molecule has 4 aromatic carbocycles. The van der Waals surface area contributed by atoms with Crippen molar-refractivity contribution in [3.8, 4) is 17.1 Å². The van der Waals surface area contributed by atoms with Crippen molar-refractivity contribution in [2.45, 2.75) is 6.18 Å². The highest BCUT2D eigenvalue weighted by Gasteiger charge is 2.31. The van der Waals surface area contributed by atoms with Gasteiger partial charge in [-0.25, -0.2) is 4.98 Å². The normalized spacial score (nSPS) is 14.1. The molecule has 8 nitrogen and oxygen atoms in total. The fraction of sp³-hybridized carbons (Fsp3) is 0.188. The number of carbonyl (C=O) groups is 1. The monoisotopic (exact) mass is 586 g/mol. The quantitative estimate of drug-likeness (QED) is 0.250. The minimum absolute atomic E-state index is 0.0590. The first-order valence-corrected chi connectivity index (χ1v) is 13.5. The first-order valence-electron chi connectivity index (χ1n) is 13.5. The first kappa shape index (κ1) is 28.1. The summed E-state index contributed by atoms with van der Waals surface area (Å²) in [4.78, 5) is 32.6. The maximum absolute atomic E-state index is 13.7. The predicted molar refractivity (Wildman–Crippen MR) is 156 cm³/mol. The summed E-state index contributed by atoms with van der Waals surface area (Å²) in [5.41, 5.74) is -0.553. The molecule has 218 valence electrons. The fourth-order valence-electron chi connectivity index (χ4n) is 4.95. The maximum Gasteiger partial charge on any atom is 0.416 e. The second kappa shape index (κ2) is 11.7. The third kappa shape index (κ3) is 5.84. The van der Waals surface area contributed by atoms with Gasteiger partial charge in [0.1, 0.15) is 5.75 Å². The summed E-state index contributed by atoms with van der Waals surface area (Å²) in [6.45, 7) is 1.66. The van der Waals surface area contributed by atoms with Gasteiger partial charge < -0.3 is 14.4 Å². The van der Waals surface area contributed by atoms with Crippen LogP contribution in [0.15, 0.2) is 94.8 Å². The number of halogens is 3. The van der Waals surface area contributed by atoms with Crippen molar-refractivity contribution >= 4 is 33.8 Å². The molecule has 1 aromatic heterocycles. The molecule has 1 aliphatic heterocycles. The van der Waals surface area contributed by atoms with Crippen molar-refractivity contribution in [2.75, 3.05) is 32.9 Å². The Morgan fingerprint density at radius 3 is 2.49 bits per heavy atom. The van der Waals surface area contributed by atoms with Crippen LogP contribution in [0.5, 0.6) is 5.75 Å². The van der Waals surface area contributed by atoms with E-state index >= 15 is 0 Å². The molecule has 11 heteroatoms. The number of para-hydroxylation sites is 1. The van der Waals surface area contributed by atoms with Crippen LogP contribution in [0.25, 0.3) is 33.1 Å². The number of nitrogens with zero attached hydrogens (tertiary/aromatic N) is 4. The van der Waals surface area contributed by atoms with Crippen molar-refractivity contribution in [1.82, 2.24) is 14.6 Å². The van der Waals surface area contributed by atoms with Gasteiger partial charge in [-0.3, -0.25) is 9.59 Å². The van der Waals surface area contributed by atoms with Gasteiger partial charge in [-0.2, -0.15) is 22.9 Å². The van der Waals surface area contributed by atoms with Gasteiger partial charge in [0.2, 0.25) is 0 Å². The third-order valence-corrected chi connectivity index (χ3v) is 7.15. The van der Waals surface area contributed by atoms with E-state index in [0.717, 1.165) is 27.6 Å². The Bertz CT molecular complexity index is 1910. The first-order chi connectivity index (χ1) is 20.8. The van der Waals surface area contributed by atoms with Crippen LogP contribution in [0, 0.1) is 0 Å². The second-order valence-electron chi connectivity index (χ2n) is 9.87. The Morgan fingerprint density at radius 2 is 1.70 bits per heavy atom. The molecule has 0 spiro atoms. The number of aromatic nitrogens is 2. The van der Waals surface area contributed by atoms with Crippen LogP contribution in [-0.4, -0.2) is 59.6 Å². The summed E-state index contributed by atoms with van der Waals surface area (Å²) in [6, 6.07) is 22.2. The smallest absolute Gasteiger partial charge is 0.416 e. The van der Waals surface area contributed by atoms with Crippen molar-refractivity contribution in [3.05, 3.63) is 106 Å². The summed E-state index contributed by atoms with van der Waals surface area (Å²) in [5.74, 6) is 0.101. The second-order valence-corrected chi connectivity index (χ2v) is 9.87. The Morgan fingerprint density at radius 1 is 0.953 bits per heavy atom. The van der Waals surface area contributed by atoms with Crippen molar-refractivity contribution in [3.63, 3.8) is 0 Å². The molecule has 43 heavy (non-hydrogen) atoms. The molecule has 0 atom stereocenters. The lowest BCUT2D eigenvalue weighted by atomic mass is 10.0. The summed E-state index contributed by atoms with van der Waals surface area (Å²) >= 11 is 0. The molecular formula is C32H25F3N4O4. The van der Waals surface area contributed by atoms with E-state index in [-0.39, 0.29) is 29.3 Å². The SMILES string of the molecule is O=C(COc1ccc2ccccc2c1C=Nn1c(-c2cccc(C(F)(F)F)c2)nc2ccccc2c1=O)N1CCOCC1. The van der Waals surface area contributed by atoms with Gasteiger partial charge >= 0.3 is 6.18 Å². The lowest BCUT2D eigenvalue weighted by Crippen LogP contribution is -2.43. The molecular weight excluding hydrogens is 561 g/mol. The minimum atomic E-state index is -4.59. The number of benzene rings is 4. The number of rotatable bonds is 6. The summed E-state index contributed by atoms with van der Waals surface area (Å²) in [7, 11) is 0. The molecule has 0 N–H and O–H groups in total. The molecule has 0 radical (unpaired) electrons. The molecule has 2 heterocycles. The van der Waals surface area contributed by atoms with Crippen molar-refractivity contribution in [2.24, 2.45) is 5.10 Å². The van der Waals surface area contributed by atoms with Crippen LogP contribution < -0.4 is 10.3 Å².